The van der Waals surface area contributed by atoms with Crippen molar-refractivity contribution >= 4 is 39.8 Å². The molecule has 3 aromatic carbocycles. The molecule has 2 aliphatic rings. The smallest absolute Gasteiger partial charge is 0.231 e. The molecule has 4 aromatic rings. The summed E-state index contributed by atoms with van der Waals surface area (Å²) >= 11 is 6.41. The lowest BCUT2D eigenvalue weighted by Gasteiger charge is -2.42. The molecular weight excluding hydrogens is 468 g/mol. The van der Waals surface area contributed by atoms with Crippen LogP contribution < -0.4 is 9.80 Å². The lowest BCUT2D eigenvalue weighted by molar-refractivity contribution is -0.118. The maximum atomic E-state index is 13.7. The number of carbonyl (C=O) groups excluding carboxylic acids is 1. The van der Waals surface area contributed by atoms with Crippen LogP contribution in [-0.4, -0.2) is 54.6 Å². The SMILES string of the molecule is O=C(Cc1ccccc1Cl)N1c2ccccc2CCC1CN1CCN(c2cccc3[nH]ccc23)CC1. The Morgan fingerprint density at radius 2 is 1.67 bits per heavy atom. The number of anilines is 2. The number of piperazine rings is 1. The second-order valence-electron chi connectivity index (χ2n) is 9.86. The number of H-pyrrole nitrogens is 1. The van der Waals surface area contributed by atoms with Crippen LogP contribution in [0, 0.1) is 0 Å². The minimum absolute atomic E-state index is 0.123. The van der Waals surface area contributed by atoms with E-state index in [0.29, 0.717) is 11.4 Å². The molecule has 0 bridgehead atoms. The molecule has 0 aliphatic carbocycles. The van der Waals surface area contributed by atoms with Crippen molar-refractivity contribution in [3.63, 3.8) is 0 Å². The van der Waals surface area contributed by atoms with Crippen LogP contribution >= 0.6 is 11.6 Å². The zero-order valence-corrected chi connectivity index (χ0v) is 21.1. The van der Waals surface area contributed by atoms with Crippen molar-refractivity contribution in [2.45, 2.75) is 25.3 Å². The van der Waals surface area contributed by atoms with Gasteiger partial charge in [-0.15, -0.1) is 0 Å². The van der Waals surface area contributed by atoms with E-state index in [-0.39, 0.29) is 11.9 Å². The topological polar surface area (TPSA) is 42.6 Å². The zero-order valence-electron chi connectivity index (χ0n) is 20.4. The number of hydrogen-bond acceptors (Lipinski definition) is 3. The predicted molar refractivity (Wildman–Crippen MR) is 148 cm³/mol. The lowest BCUT2D eigenvalue weighted by Crippen LogP contribution is -2.54. The maximum absolute atomic E-state index is 13.7. The molecular formula is C30H31ClN4O. The number of nitrogens with zero attached hydrogens (tertiary/aromatic N) is 3. The van der Waals surface area contributed by atoms with Gasteiger partial charge in [-0.2, -0.15) is 0 Å². The third-order valence-corrected chi connectivity index (χ3v) is 8.05. The Bertz CT molecular complexity index is 1370. The number of carbonyl (C=O) groups is 1. The molecule has 1 N–H and O–H groups in total. The van der Waals surface area contributed by atoms with Crippen molar-refractivity contribution in [1.29, 1.82) is 0 Å². The highest BCUT2D eigenvalue weighted by Crippen LogP contribution is 2.33. The van der Waals surface area contributed by atoms with Gasteiger partial charge in [0, 0.05) is 72.3 Å². The van der Waals surface area contributed by atoms with E-state index in [1.165, 1.54) is 22.2 Å². The average molecular weight is 499 g/mol. The van der Waals surface area contributed by atoms with Gasteiger partial charge in [0.1, 0.15) is 0 Å². The molecule has 1 aromatic heterocycles. The number of aryl methyl sites for hydroxylation is 1. The Balaban J connectivity index is 1.18. The van der Waals surface area contributed by atoms with E-state index in [9.17, 15) is 4.79 Å². The van der Waals surface area contributed by atoms with Crippen molar-refractivity contribution in [3.05, 3.63) is 95.1 Å². The first-order valence-electron chi connectivity index (χ1n) is 12.8. The minimum Gasteiger partial charge on any atom is -0.368 e. The van der Waals surface area contributed by atoms with E-state index < -0.39 is 0 Å². The van der Waals surface area contributed by atoms with E-state index in [2.05, 4.69) is 62.1 Å². The molecule has 1 saturated heterocycles. The summed E-state index contributed by atoms with van der Waals surface area (Å²) in [4.78, 5) is 24.1. The van der Waals surface area contributed by atoms with Gasteiger partial charge >= 0.3 is 0 Å². The third-order valence-electron chi connectivity index (χ3n) is 7.69. The number of benzene rings is 3. The molecule has 3 heterocycles. The number of aromatic amines is 1. The fourth-order valence-corrected chi connectivity index (χ4v) is 6.02. The van der Waals surface area contributed by atoms with E-state index in [1.54, 1.807) is 0 Å². The molecule has 6 rings (SSSR count). The third kappa shape index (κ3) is 4.49. The Morgan fingerprint density at radius 3 is 2.53 bits per heavy atom. The average Bonchev–Trinajstić information content (AvgIpc) is 3.39. The van der Waals surface area contributed by atoms with E-state index >= 15 is 0 Å². The number of rotatable bonds is 5. The van der Waals surface area contributed by atoms with Crippen molar-refractivity contribution in [2.24, 2.45) is 0 Å². The second-order valence-corrected chi connectivity index (χ2v) is 10.3. The standard InChI is InChI=1S/C30H31ClN4O/c31-26-8-3-1-7-23(26)20-30(36)35-24(13-12-22-6-2-4-10-28(22)35)21-33-16-18-34(19-17-33)29-11-5-9-27-25(29)14-15-32-27/h1-11,14-15,24,32H,12-13,16-21H2. The van der Waals surface area contributed by atoms with E-state index in [0.717, 1.165) is 56.8 Å². The van der Waals surface area contributed by atoms with Crippen LogP contribution in [0.3, 0.4) is 0 Å². The van der Waals surface area contributed by atoms with Gasteiger partial charge < -0.3 is 14.8 Å². The number of aromatic nitrogens is 1. The number of amides is 1. The van der Waals surface area contributed by atoms with Gasteiger partial charge in [0.05, 0.1) is 6.42 Å². The number of hydrogen-bond donors (Lipinski definition) is 1. The second kappa shape index (κ2) is 10.00. The molecule has 0 radical (unpaired) electrons. The highest BCUT2D eigenvalue weighted by molar-refractivity contribution is 6.31. The predicted octanol–water partition coefficient (Wildman–Crippen LogP) is 5.53. The van der Waals surface area contributed by atoms with Gasteiger partial charge in [0.2, 0.25) is 5.91 Å². The Morgan fingerprint density at radius 1 is 0.889 bits per heavy atom. The molecule has 36 heavy (non-hydrogen) atoms. The molecule has 184 valence electrons. The van der Waals surface area contributed by atoms with Crippen LogP contribution in [0.15, 0.2) is 79.0 Å². The number of halogens is 1. The summed E-state index contributed by atoms with van der Waals surface area (Å²) in [5.74, 6) is 0.123. The monoisotopic (exact) mass is 498 g/mol. The Kier molecular flexibility index (Phi) is 6.43. The van der Waals surface area contributed by atoms with Crippen LogP contribution in [0.25, 0.3) is 10.9 Å². The first-order valence-corrected chi connectivity index (χ1v) is 13.2. The molecule has 1 amide bonds. The van der Waals surface area contributed by atoms with Crippen LogP contribution in [0.5, 0.6) is 0 Å². The highest BCUT2D eigenvalue weighted by atomic mass is 35.5. The Hall–Kier alpha value is -3.28. The normalized spacial score (nSPS) is 18.4. The van der Waals surface area contributed by atoms with Crippen LogP contribution in [-0.2, 0) is 17.6 Å². The summed E-state index contributed by atoms with van der Waals surface area (Å²) in [6.45, 7) is 4.85. The fourth-order valence-electron chi connectivity index (χ4n) is 5.82. The van der Waals surface area contributed by atoms with Gasteiger partial charge in [-0.3, -0.25) is 9.69 Å². The molecule has 5 nitrogen and oxygen atoms in total. The molecule has 0 spiro atoms. The van der Waals surface area contributed by atoms with Gasteiger partial charge in [-0.25, -0.2) is 0 Å². The first-order chi connectivity index (χ1) is 17.7. The molecule has 1 atom stereocenters. The van der Waals surface area contributed by atoms with Crippen LogP contribution in [0.4, 0.5) is 11.4 Å². The summed E-state index contributed by atoms with van der Waals surface area (Å²) in [6, 6.07) is 24.8. The minimum atomic E-state index is 0.123. The van der Waals surface area contributed by atoms with Gasteiger partial charge in [0.15, 0.2) is 0 Å². The van der Waals surface area contributed by atoms with Crippen molar-refractivity contribution < 1.29 is 4.79 Å². The van der Waals surface area contributed by atoms with E-state index in [4.69, 9.17) is 11.6 Å². The number of para-hydroxylation sites is 1. The van der Waals surface area contributed by atoms with Crippen LogP contribution in [0.2, 0.25) is 5.02 Å². The number of fused-ring (bicyclic) bond motifs is 2. The molecule has 2 aliphatic heterocycles. The van der Waals surface area contributed by atoms with Gasteiger partial charge in [0.25, 0.3) is 0 Å². The summed E-state index contributed by atoms with van der Waals surface area (Å²) in [5, 5.41) is 1.94. The quantitative estimate of drug-likeness (QED) is 0.393. The lowest BCUT2D eigenvalue weighted by atomic mass is 9.94. The zero-order chi connectivity index (χ0) is 24.5. The van der Waals surface area contributed by atoms with Crippen molar-refractivity contribution in [2.75, 3.05) is 42.5 Å². The summed E-state index contributed by atoms with van der Waals surface area (Å²) in [6.07, 6.45) is 4.32. The van der Waals surface area contributed by atoms with Crippen LogP contribution in [0.1, 0.15) is 17.5 Å². The molecule has 6 heteroatoms. The van der Waals surface area contributed by atoms with Gasteiger partial charge in [-0.05, 0) is 54.3 Å². The fraction of sp³-hybridized carbons (Fsp3) is 0.300. The largest absolute Gasteiger partial charge is 0.368 e. The highest BCUT2D eigenvalue weighted by Gasteiger charge is 2.33. The van der Waals surface area contributed by atoms with Crippen molar-refractivity contribution in [3.8, 4) is 0 Å². The molecule has 1 fully saturated rings. The Labute approximate surface area is 217 Å². The summed E-state index contributed by atoms with van der Waals surface area (Å²) in [7, 11) is 0. The summed E-state index contributed by atoms with van der Waals surface area (Å²) in [5.41, 5.74) is 5.69. The maximum Gasteiger partial charge on any atom is 0.231 e. The summed E-state index contributed by atoms with van der Waals surface area (Å²) < 4.78 is 0. The van der Waals surface area contributed by atoms with Gasteiger partial charge in [-0.1, -0.05) is 54.1 Å². The van der Waals surface area contributed by atoms with E-state index in [1.807, 2.05) is 36.5 Å². The molecule has 1 unspecified atom stereocenters. The number of nitrogens with one attached hydrogen (secondary N) is 1. The molecule has 0 saturated carbocycles. The first kappa shape index (κ1) is 23.1. The van der Waals surface area contributed by atoms with Crippen molar-refractivity contribution in [1.82, 2.24) is 9.88 Å².